The fourth-order valence-corrected chi connectivity index (χ4v) is 6.36. The number of benzene rings is 1. The van der Waals surface area contributed by atoms with Crippen LogP contribution in [0.25, 0.3) is 22.3 Å². The van der Waals surface area contributed by atoms with Crippen molar-refractivity contribution in [1.29, 1.82) is 0 Å². The predicted molar refractivity (Wildman–Crippen MR) is 168 cm³/mol. The van der Waals surface area contributed by atoms with Crippen molar-refractivity contribution in [2.75, 3.05) is 30.8 Å². The average Bonchev–Trinajstić information content (AvgIpc) is 2.99. The maximum atomic E-state index is 12.8. The number of rotatable bonds is 10. The highest BCUT2D eigenvalue weighted by atomic mass is 32.2. The molecule has 2 atom stereocenters. The fourth-order valence-electron chi connectivity index (χ4n) is 5.36. The maximum Gasteiger partial charge on any atom is 0.251 e. The number of hydrogen-bond donors (Lipinski definition) is 2. The third kappa shape index (κ3) is 7.54. The largest absolute Gasteiger partial charge is 0.372 e. The summed E-state index contributed by atoms with van der Waals surface area (Å²) in [4.78, 5) is 29.5. The zero-order valence-corrected chi connectivity index (χ0v) is 25.6. The van der Waals surface area contributed by atoms with Gasteiger partial charge >= 0.3 is 0 Å². The van der Waals surface area contributed by atoms with Crippen molar-refractivity contribution >= 4 is 32.5 Å². The summed E-state index contributed by atoms with van der Waals surface area (Å²) in [6.45, 7) is 6.22. The Morgan fingerprint density at radius 1 is 1.07 bits per heavy atom. The number of amides is 1. The van der Waals surface area contributed by atoms with Crippen LogP contribution in [0.1, 0.15) is 47.8 Å². The molecule has 1 saturated heterocycles. The summed E-state index contributed by atoms with van der Waals surface area (Å²) < 4.78 is 30.3. The van der Waals surface area contributed by atoms with E-state index in [9.17, 15) is 13.2 Å². The second kappa shape index (κ2) is 13.2. The van der Waals surface area contributed by atoms with Crippen LogP contribution in [-0.4, -0.2) is 67.4 Å². The van der Waals surface area contributed by atoms with E-state index >= 15 is 0 Å². The van der Waals surface area contributed by atoms with Crippen LogP contribution in [-0.2, 0) is 21.1 Å². The van der Waals surface area contributed by atoms with Crippen molar-refractivity contribution in [2.45, 2.75) is 56.8 Å². The lowest BCUT2D eigenvalue weighted by molar-refractivity contribution is -0.0209. The number of aryl methyl sites for hydroxylation is 1. The first-order valence-electron chi connectivity index (χ1n) is 14.5. The number of nitrogens with two attached hydrogens (primary N) is 1. The maximum absolute atomic E-state index is 12.8. The van der Waals surface area contributed by atoms with Crippen molar-refractivity contribution in [2.24, 2.45) is 5.73 Å². The number of unbranched alkanes of at least 4 members (excludes halogenated alkanes) is 1. The first-order valence-corrected chi connectivity index (χ1v) is 16.4. The number of ether oxygens (including phenoxy) is 1. The van der Waals surface area contributed by atoms with Crippen molar-refractivity contribution in [3.8, 4) is 11.4 Å². The van der Waals surface area contributed by atoms with Gasteiger partial charge in [0.05, 0.1) is 46.2 Å². The molecule has 0 saturated carbocycles. The summed E-state index contributed by atoms with van der Waals surface area (Å²) in [5, 5.41) is 3.70. The molecule has 5 rings (SSSR count). The van der Waals surface area contributed by atoms with Crippen LogP contribution in [0.4, 0.5) is 5.82 Å². The van der Waals surface area contributed by atoms with Gasteiger partial charge in [0.15, 0.2) is 9.84 Å². The smallest absolute Gasteiger partial charge is 0.251 e. The number of carbonyl (C=O) groups excluding carboxylic acids is 1. The number of hydrogen-bond acceptors (Lipinski definition) is 9. The van der Waals surface area contributed by atoms with Crippen molar-refractivity contribution in [1.82, 2.24) is 20.3 Å². The van der Waals surface area contributed by atoms with Crippen LogP contribution >= 0.6 is 0 Å². The Morgan fingerprint density at radius 3 is 2.67 bits per heavy atom. The summed E-state index contributed by atoms with van der Waals surface area (Å²) in [6.07, 6.45) is 6.15. The van der Waals surface area contributed by atoms with Gasteiger partial charge in [0.1, 0.15) is 5.82 Å². The minimum Gasteiger partial charge on any atom is -0.372 e. The second-order valence-electron chi connectivity index (χ2n) is 11.1. The highest BCUT2D eigenvalue weighted by Crippen LogP contribution is 2.25. The third-order valence-electron chi connectivity index (χ3n) is 7.54. The minimum atomic E-state index is -3.44. The van der Waals surface area contributed by atoms with Gasteiger partial charge in [-0.25, -0.2) is 18.4 Å². The highest BCUT2D eigenvalue weighted by molar-refractivity contribution is 7.90. The van der Waals surface area contributed by atoms with Gasteiger partial charge in [0, 0.05) is 36.5 Å². The number of fused-ring (bicyclic) bond motifs is 1. The summed E-state index contributed by atoms with van der Waals surface area (Å²) >= 11 is 0. The second-order valence-corrected chi connectivity index (χ2v) is 13.1. The summed E-state index contributed by atoms with van der Waals surface area (Å²) in [6, 6.07) is 16.4. The molecule has 0 aliphatic carbocycles. The van der Waals surface area contributed by atoms with Gasteiger partial charge in [-0.15, -0.1) is 0 Å². The molecule has 0 spiro atoms. The Hall–Kier alpha value is -3.93. The lowest BCUT2D eigenvalue weighted by Crippen LogP contribution is -2.47. The number of morpholine rings is 1. The molecule has 1 amide bonds. The molecule has 11 heteroatoms. The van der Waals surface area contributed by atoms with Crippen LogP contribution in [0.2, 0.25) is 0 Å². The van der Waals surface area contributed by atoms with E-state index in [-0.39, 0.29) is 35.1 Å². The molecule has 1 aliphatic heterocycles. The van der Waals surface area contributed by atoms with Crippen LogP contribution in [0.3, 0.4) is 0 Å². The molecule has 0 radical (unpaired) electrons. The molecule has 0 unspecified atom stereocenters. The van der Waals surface area contributed by atoms with Gasteiger partial charge in [-0.05, 0) is 87.7 Å². The Bertz CT molecular complexity index is 1730. The zero-order valence-electron chi connectivity index (χ0n) is 24.8. The van der Waals surface area contributed by atoms with Gasteiger partial charge in [-0.1, -0.05) is 12.1 Å². The number of anilines is 1. The van der Waals surface area contributed by atoms with Crippen LogP contribution in [0.5, 0.6) is 0 Å². The van der Waals surface area contributed by atoms with E-state index in [1.165, 1.54) is 6.07 Å². The lowest BCUT2D eigenvalue weighted by Gasteiger charge is -2.37. The van der Waals surface area contributed by atoms with E-state index in [1.54, 1.807) is 25.3 Å². The summed E-state index contributed by atoms with van der Waals surface area (Å²) in [5.41, 5.74) is 9.41. The van der Waals surface area contributed by atoms with E-state index in [4.69, 9.17) is 20.4 Å². The summed E-state index contributed by atoms with van der Waals surface area (Å²) in [5.74, 6) is 0.514. The number of pyridine rings is 3. The van der Waals surface area contributed by atoms with E-state index in [2.05, 4.69) is 22.1 Å². The molecule has 4 heterocycles. The molecule has 226 valence electrons. The van der Waals surface area contributed by atoms with Crippen LogP contribution in [0.15, 0.2) is 65.7 Å². The molecule has 1 fully saturated rings. The van der Waals surface area contributed by atoms with Gasteiger partial charge in [-0.3, -0.25) is 9.78 Å². The van der Waals surface area contributed by atoms with Gasteiger partial charge < -0.3 is 20.7 Å². The van der Waals surface area contributed by atoms with E-state index < -0.39 is 9.84 Å². The Morgan fingerprint density at radius 2 is 1.88 bits per heavy atom. The van der Waals surface area contributed by atoms with Crippen LogP contribution < -0.4 is 16.0 Å². The standard InChI is InChI=1S/C32H38N6O4S/c1-21-10-11-23(15-30(21)43(3,40)41)32(39)35-18-25-16-29-24(17-34-25)12-13-28(36-29)27-8-6-9-31(37-27)38-19-22(2)42-26(20-38)7-4-5-14-33/h6,8-13,15-17,22,26H,4-5,7,14,18-20,33H2,1-3H3,(H,35,39)/t22-,26+/m0/s1. The lowest BCUT2D eigenvalue weighted by atomic mass is 10.1. The van der Waals surface area contributed by atoms with E-state index in [0.29, 0.717) is 17.8 Å². The van der Waals surface area contributed by atoms with Crippen LogP contribution in [0, 0.1) is 6.92 Å². The van der Waals surface area contributed by atoms with E-state index in [1.807, 2.05) is 36.4 Å². The monoisotopic (exact) mass is 602 g/mol. The Labute approximate surface area is 252 Å². The Balaban J connectivity index is 1.31. The molecular formula is C32H38N6O4S. The number of nitrogens with zero attached hydrogens (tertiary/aromatic N) is 4. The number of sulfone groups is 1. The van der Waals surface area contributed by atoms with Gasteiger partial charge in [0.25, 0.3) is 5.91 Å². The van der Waals surface area contributed by atoms with Crippen molar-refractivity contribution < 1.29 is 17.9 Å². The third-order valence-corrected chi connectivity index (χ3v) is 8.78. The number of nitrogens with one attached hydrogen (secondary N) is 1. The quantitative estimate of drug-likeness (QED) is 0.257. The highest BCUT2D eigenvalue weighted by Gasteiger charge is 2.26. The molecule has 0 bridgehead atoms. The molecule has 1 aliphatic rings. The molecule has 1 aromatic carbocycles. The first kappa shape index (κ1) is 30.5. The number of aromatic nitrogens is 3. The topological polar surface area (TPSA) is 140 Å². The Kier molecular flexibility index (Phi) is 9.34. The van der Waals surface area contributed by atoms with Gasteiger partial charge in [0.2, 0.25) is 0 Å². The average molecular weight is 603 g/mol. The molecule has 3 aromatic heterocycles. The minimum absolute atomic E-state index is 0.111. The molecular weight excluding hydrogens is 564 g/mol. The molecule has 3 N–H and O–H groups in total. The predicted octanol–water partition coefficient (Wildman–Crippen LogP) is 4.06. The normalized spacial score (nSPS) is 17.3. The zero-order chi connectivity index (χ0) is 30.6. The molecule has 10 nitrogen and oxygen atoms in total. The first-order chi connectivity index (χ1) is 20.6. The molecule has 43 heavy (non-hydrogen) atoms. The van der Waals surface area contributed by atoms with Crippen molar-refractivity contribution in [3.63, 3.8) is 0 Å². The van der Waals surface area contributed by atoms with Crippen molar-refractivity contribution in [3.05, 3.63) is 77.6 Å². The number of carbonyl (C=O) groups is 1. The van der Waals surface area contributed by atoms with E-state index in [0.717, 1.165) is 66.7 Å². The molecule has 4 aromatic rings. The summed E-state index contributed by atoms with van der Waals surface area (Å²) in [7, 11) is -3.44. The SMILES string of the molecule is Cc1ccc(C(=O)NCc2cc3nc(-c4cccc(N5C[C@@H](CCCCN)O[C@@H](C)C5)n4)ccc3cn2)cc1S(C)(=O)=O. The fraction of sp³-hybridized carbons (Fsp3) is 0.375. The van der Waals surface area contributed by atoms with Gasteiger partial charge in [-0.2, -0.15) is 0 Å².